The third kappa shape index (κ3) is 4.96. The monoisotopic (exact) mass is 460 g/mol. The lowest BCUT2D eigenvalue weighted by Gasteiger charge is -2.15. The van der Waals surface area contributed by atoms with Crippen LogP contribution in [0.15, 0.2) is 78.9 Å². The Morgan fingerprint density at radius 1 is 0.971 bits per heavy atom. The first-order valence-corrected chi connectivity index (χ1v) is 10.5. The Morgan fingerprint density at radius 2 is 1.62 bits per heavy atom. The zero-order valence-corrected chi connectivity index (χ0v) is 18.0. The van der Waals surface area contributed by atoms with Crippen LogP contribution in [-0.2, 0) is 9.53 Å². The molecule has 0 saturated carbocycles. The van der Waals surface area contributed by atoms with Crippen molar-refractivity contribution in [1.29, 1.82) is 0 Å². The van der Waals surface area contributed by atoms with Gasteiger partial charge in [0.1, 0.15) is 12.4 Å². The number of anilines is 1. The van der Waals surface area contributed by atoms with Crippen molar-refractivity contribution in [2.75, 3.05) is 18.5 Å². The lowest BCUT2D eigenvalue weighted by molar-refractivity contribution is -0.131. The average molecular weight is 460 g/mol. The summed E-state index contributed by atoms with van der Waals surface area (Å²) in [5.41, 5.74) is 4.24. The van der Waals surface area contributed by atoms with Crippen LogP contribution in [0.1, 0.15) is 27.4 Å². The fourth-order valence-corrected chi connectivity index (χ4v) is 3.92. The molecule has 3 aromatic carbocycles. The Morgan fingerprint density at radius 3 is 2.24 bits per heavy atom. The molecule has 0 radical (unpaired) electrons. The molecule has 1 aliphatic carbocycles. The molecule has 34 heavy (non-hydrogen) atoms. The topological polar surface area (TPSA) is 105 Å². The lowest BCUT2D eigenvalue weighted by atomic mass is 9.98. The van der Waals surface area contributed by atoms with Crippen LogP contribution in [0, 0.1) is 5.82 Å². The van der Waals surface area contributed by atoms with Crippen LogP contribution in [0.5, 0.6) is 0 Å². The molecule has 7 nitrogen and oxygen atoms in total. The van der Waals surface area contributed by atoms with Crippen LogP contribution < -0.4 is 10.6 Å². The third-order valence-electron chi connectivity index (χ3n) is 5.45. The van der Waals surface area contributed by atoms with Gasteiger partial charge in [0.15, 0.2) is 0 Å². The minimum atomic E-state index is -1.14. The number of halogens is 1. The van der Waals surface area contributed by atoms with E-state index in [1.165, 1.54) is 18.2 Å². The number of aliphatic carboxylic acids is 1. The first-order valence-electron chi connectivity index (χ1n) is 10.5. The maximum atomic E-state index is 14.5. The van der Waals surface area contributed by atoms with Gasteiger partial charge in [0.05, 0.1) is 5.69 Å². The molecule has 0 heterocycles. The van der Waals surface area contributed by atoms with Crippen LogP contribution in [0.25, 0.3) is 11.1 Å². The molecule has 172 valence electrons. The number of carbonyl (C=O) groups is 3. The number of benzene rings is 3. The Bertz CT molecular complexity index is 1240. The van der Waals surface area contributed by atoms with Gasteiger partial charge >= 0.3 is 12.1 Å². The van der Waals surface area contributed by atoms with Gasteiger partial charge in [0, 0.05) is 24.1 Å². The highest BCUT2D eigenvalue weighted by Gasteiger charge is 2.29. The van der Waals surface area contributed by atoms with Crippen molar-refractivity contribution < 1.29 is 28.6 Å². The highest BCUT2D eigenvalue weighted by atomic mass is 19.1. The van der Waals surface area contributed by atoms with E-state index in [4.69, 9.17) is 9.84 Å². The van der Waals surface area contributed by atoms with Gasteiger partial charge in [0.25, 0.3) is 5.91 Å². The van der Waals surface area contributed by atoms with Gasteiger partial charge in [0.2, 0.25) is 0 Å². The molecule has 0 aliphatic heterocycles. The molecule has 0 unspecified atom stereocenters. The van der Waals surface area contributed by atoms with Crippen LogP contribution in [0.4, 0.5) is 14.9 Å². The number of fused-ring (bicyclic) bond motifs is 3. The Labute approximate surface area is 194 Å². The standard InChI is InChI=1S/C26H21FN2O5/c27-22-14-16(25(32)28-13-5-10-24(30)31)11-12-23(22)29-26(33)34-15-21-19-8-3-1-6-17(19)18-7-2-4-9-20(18)21/h1-12,14,21H,13,15H2,(H,28,32)(H,29,33)(H,30,31)/b10-5+. The first kappa shape index (κ1) is 22.7. The molecule has 8 heteroatoms. The molecular formula is C26H21FN2O5. The Kier molecular flexibility index (Phi) is 6.68. The normalized spacial score (nSPS) is 12.1. The zero-order chi connectivity index (χ0) is 24.1. The average Bonchev–Trinajstić information content (AvgIpc) is 3.15. The summed E-state index contributed by atoms with van der Waals surface area (Å²) in [5, 5.41) is 13.3. The molecule has 1 aliphatic rings. The van der Waals surface area contributed by atoms with E-state index in [0.29, 0.717) is 0 Å². The molecule has 3 N–H and O–H groups in total. The zero-order valence-electron chi connectivity index (χ0n) is 18.0. The second-order valence-electron chi connectivity index (χ2n) is 7.60. The van der Waals surface area contributed by atoms with E-state index in [0.717, 1.165) is 34.4 Å². The van der Waals surface area contributed by atoms with Crippen LogP contribution in [-0.4, -0.2) is 36.2 Å². The van der Waals surface area contributed by atoms with Crippen molar-refractivity contribution in [1.82, 2.24) is 5.32 Å². The van der Waals surface area contributed by atoms with E-state index in [9.17, 15) is 18.8 Å². The van der Waals surface area contributed by atoms with Crippen molar-refractivity contribution in [3.8, 4) is 11.1 Å². The molecule has 0 aromatic heterocycles. The molecule has 0 bridgehead atoms. The van der Waals surface area contributed by atoms with Crippen molar-refractivity contribution in [3.05, 3.63) is 101 Å². The molecule has 0 spiro atoms. The van der Waals surface area contributed by atoms with Crippen LogP contribution in [0.2, 0.25) is 0 Å². The van der Waals surface area contributed by atoms with Gasteiger partial charge in [-0.05, 0) is 40.5 Å². The van der Waals surface area contributed by atoms with Gasteiger partial charge in [-0.3, -0.25) is 10.1 Å². The van der Waals surface area contributed by atoms with Crippen molar-refractivity contribution >= 4 is 23.7 Å². The predicted octanol–water partition coefficient (Wildman–Crippen LogP) is 4.56. The number of nitrogens with one attached hydrogen (secondary N) is 2. The fourth-order valence-electron chi connectivity index (χ4n) is 3.92. The van der Waals surface area contributed by atoms with E-state index < -0.39 is 23.8 Å². The minimum Gasteiger partial charge on any atom is -0.478 e. The summed E-state index contributed by atoms with van der Waals surface area (Å²) in [6.07, 6.45) is 1.34. The van der Waals surface area contributed by atoms with Gasteiger partial charge in [-0.15, -0.1) is 0 Å². The lowest BCUT2D eigenvalue weighted by Crippen LogP contribution is -2.24. The third-order valence-corrected chi connectivity index (χ3v) is 5.45. The molecule has 4 rings (SSSR count). The summed E-state index contributed by atoms with van der Waals surface area (Å²) in [7, 11) is 0. The first-order chi connectivity index (χ1) is 16.4. The van der Waals surface area contributed by atoms with Crippen LogP contribution >= 0.6 is 0 Å². The Balaban J connectivity index is 1.37. The molecule has 3 aromatic rings. The summed E-state index contributed by atoms with van der Waals surface area (Å²) < 4.78 is 19.9. The highest BCUT2D eigenvalue weighted by molar-refractivity contribution is 5.95. The molecular weight excluding hydrogens is 439 g/mol. The Hall–Kier alpha value is -4.46. The molecule has 2 amide bonds. The maximum Gasteiger partial charge on any atom is 0.411 e. The van der Waals surface area contributed by atoms with Gasteiger partial charge < -0.3 is 15.2 Å². The number of carbonyl (C=O) groups excluding carboxylic acids is 2. The largest absolute Gasteiger partial charge is 0.478 e. The summed E-state index contributed by atoms with van der Waals surface area (Å²) >= 11 is 0. The number of carboxylic acids is 1. The second-order valence-corrected chi connectivity index (χ2v) is 7.60. The van der Waals surface area contributed by atoms with Gasteiger partial charge in [-0.1, -0.05) is 54.6 Å². The predicted molar refractivity (Wildman–Crippen MR) is 124 cm³/mol. The second kappa shape index (κ2) is 9.99. The summed E-state index contributed by atoms with van der Waals surface area (Å²) in [6, 6.07) is 19.5. The molecule has 0 fully saturated rings. The quantitative estimate of drug-likeness (QED) is 0.449. The maximum absolute atomic E-state index is 14.5. The van der Waals surface area contributed by atoms with Crippen molar-refractivity contribution in [3.63, 3.8) is 0 Å². The summed E-state index contributed by atoms with van der Waals surface area (Å²) in [6.45, 7) is 0.0678. The minimum absolute atomic E-state index is 0.0213. The number of hydrogen-bond acceptors (Lipinski definition) is 4. The van der Waals surface area contributed by atoms with Gasteiger partial charge in [-0.2, -0.15) is 0 Å². The van der Waals surface area contributed by atoms with E-state index in [1.807, 2.05) is 48.5 Å². The fraction of sp³-hybridized carbons (Fsp3) is 0.115. The summed E-state index contributed by atoms with van der Waals surface area (Å²) in [4.78, 5) is 34.8. The van der Waals surface area contributed by atoms with Crippen LogP contribution in [0.3, 0.4) is 0 Å². The smallest absolute Gasteiger partial charge is 0.411 e. The number of ether oxygens (including phenoxy) is 1. The summed E-state index contributed by atoms with van der Waals surface area (Å²) in [5.74, 6) is -2.64. The van der Waals surface area contributed by atoms with E-state index >= 15 is 0 Å². The number of carboxylic acid groups (broad SMARTS) is 1. The molecule has 0 saturated heterocycles. The van der Waals surface area contributed by atoms with E-state index in [-0.39, 0.29) is 30.3 Å². The number of amides is 2. The SMILES string of the molecule is O=C(O)/C=C/CNC(=O)c1ccc(NC(=O)OCC2c3ccccc3-c3ccccc32)c(F)c1. The number of rotatable bonds is 7. The van der Waals surface area contributed by atoms with Crippen molar-refractivity contribution in [2.45, 2.75) is 5.92 Å². The van der Waals surface area contributed by atoms with E-state index in [2.05, 4.69) is 10.6 Å². The van der Waals surface area contributed by atoms with Gasteiger partial charge in [-0.25, -0.2) is 14.0 Å². The van der Waals surface area contributed by atoms with E-state index in [1.54, 1.807) is 0 Å². The molecule has 0 atom stereocenters. The van der Waals surface area contributed by atoms with Crippen molar-refractivity contribution in [2.24, 2.45) is 0 Å². The number of hydrogen-bond donors (Lipinski definition) is 3. The highest BCUT2D eigenvalue weighted by Crippen LogP contribution is 2.44.